The fourth-order valence-corrected chi connectivity index (χ4v) is 14.7. The van der Waals surface area contributed by atoms with Gasteiger partial charge in [-0.15, -0.1) is 0 Å². The zero-order valence-electron chi connectivity index (χ0n) is 30.9. The van der Waals surface area contributed by atoms with Crippen molar-refractivity contribution in [3.63, 3.8) is 0 Å². The highest BCUT2D eigenvalue weighted by atomic mass is 15.4. The van der Waals surface area contributed by atoms with E-state index in [1.54, 1.807) is 0 Å². The smallest absolute Gasteiger partial charge is 0.0631 e. The Morgan fingerprint density at radius 3 is 0.729 bits per heavy atom. The topological polar surface area (TPSA) is 96.2 Å². The van der Waals surface area contributed by atoms with Crippen LogP contribution in [0.1, 0.15) is 130 Å². The molecule has 0 aromatic rings. The zero-order valence-corrected chi connectivity index (χ0v) is 30.9. The Kier molecular flexibility index (Phi) is 9.71. The van der Waals surface area contributed by atoms with Gasteiger partial charge in [-0.1, -0.05) is 105 Å². The summed E-state index contributed by atoms with van der Waals surface area (Å²) in [5, 5.41) is 34.9. The standard InChI is InChI=1S/C40H72N8/c1-5-21-13-9-17-25-29(21)37-42-33(25)41-34-26-18-10-15-23(7-3)31(26)39(43-34)48-40-32-24(8-4)16-12-20-28(32)36(47-40)46-38-30-22(6-2)14-11-19-27(30)35(44-37)45-38/h21-48H,5-20H2,1-4H3. The predicted molar refractivity (Wildman–Crippen MR) is 194 cm³/mol. The van der Waals surface area contributed by atoms with Gasteiger partial charge in [-0.2, -0.15) is 0 Å². The third kappa shape index (κ3) is 5.59. The molecular weight excluding hydrogens is 592 g/mol. The summed E-state index contributed by atoms with van der Waals surface area (Å²) in [6.07, 6.45) is 25.0. The van der Waals surface area contributed by atoms with E-state index in [0.717, 1.165) is 23.7 Å². The number of fused-ring (bicyclic) bond motifs is 20. The van der Waals surface area contributed by atoms with Gasteiger partial charge in [-0.05, 0) is 96.7 Å². The van der Waals surface area contributed by atoms with E-state index in [9.17, 15) is 0 Å². The van der Waals surface area contributed by atoms with Crippen molar-refractivity contribution in [1.82, 2.24) is 42.5 Å². The Morgan fingerprint density at radius 1 is 0.292 bits per heavy atom. The molecule has 272 valence electrons. The van der Waals surface area contributed by atoms with Gasteiger partial charge in [0.25, 0.3) is 0 Å². The van der Waals surface area contributed by atoms with Gasteiger partial charge in [0.15, 0.2) is 0 Å². The molecule has 4 aliphatic carbocycles. The van der Waals surface area contributed by atoms with Gasteiger partial charge < -0.3 is 0 Å². The Morgan fingerprint density at radius 2 is 0.500 bits per heavy atom. The van der Waals surface area contributed by atoms with Crippen LogP contribution < -0.4 is 42.5 Å². The summed E-state index contributed by atoms with van der Waals surface area (Å²) >= 11 is 0. The van der Waals surface area contributed by atoms with Crippen LogP contribution in [0.3, 0.4) is 0 Å². The highest BCUT2D eigenvalue weighted by Crippen LogP contribution is 2.50. The van der Waals surface area contributed by atoms with Gasteiger partial charge in [-0.3, -0.25) is 42.5 Å². The van der Waals surface area contributed by atoms with Gasteiger partial charge in [0.2, 0.25) is 0 Å². The normalized spacial score (nSPS) is 56.2. The van der Waals surface area contributed by atoms with Crippen LogP contribution in [0.15, 0.2) is 0 Å². The van der Waals surface area contributed by atoms with Crippen molar-refractivity contribution >= 4 is 0 Å². The van der Waals surface area contributed by atoms with Crippen molar-refractivity contribution in [2.24, 2.45) is 71.0 Å². The largest absolute Gasteiger partial charge is 0.286 e. The molecule has 0 aromatic heterocycles. The molecule has 5 heterocycles. The fourth-order valence-electron chi connectivity index (χ4n) is 14.7. The minimum Gasteiger partial charge on any atom is -0.286 e. The van der Waals surface area contributed by atoms with Crippen LogP contribution in [-0.2, 0) is 0 Å². The first-order valence-electron chi connectivity index (χ1n) is 21.7. The highest BCUT2D eigenvalue weighted by Gasteiger charge is 2.57. The summed E-state index contributed by atoms with van der Waals surface area (Å²) in [4.78, 5) is 0. The average molecular weight is 665 g/mol. The lowest BCUT2D eigenvalue weighted by atomic mass is 9.68. The zero-order chi connectivity index (χ0) is 32.5. The number of hydrogen-bond donors (Lipinski definition) is 8. The lowest BCUT2D eigenvalue weighted by molar-refractivity contribution is 0.0965. The Hall–Kier alpha value is -0.320. The van der Waals surface area contributed by atoms with E-state index in [1.807, 2.05) is 0 Å². The second kappa shape index (κ2) is 13.9. The molecule has 20 atom stereocenters. The van der Waals surface area contributed by atoms with Crippen LogP contribution in [0.5, 0.6) is 0 Å². The van der Waals surface area contributed by atoms with Crippen molar-refractivity contribution in [3.05, 3.63) is 0 Å². The predicted octanol–water partition coefficient (Wildman–Crippen LogP) is 5.15. The molecule has 9 fully saturated rings. The molecule has 0 spiro atoms. The molecular formula is C40H72N8. The summed E-state index contributed by atoms with van der Waals surface area (Å²) in [5.41, 5.74) is 0. The average Bonchev–Trinajstić information content (AvgIpc) is 3.86. The van der Waals surface area contributed by atoms with E-state index >= 15 is 0 Å². The van der Waals surface area contributed by atoms with Crippen LogP contribution in [0.25, 0.3) is 0 Å². The van der Waals surface area contributed by atoms with Crippen LogP contribution in [0, 0.1) is 71.0 Å². The van der Waals surface area contributed by atoms with Gasteiger partial charge >= 0.3 is 0 Å². The third-order valence-electron chi connectivity index (χ3n) is 16.8. The van der Waals surface area contributed by atoms with E-state index in [-0.39, 0.29) is 0 Å². The van der Waals surface area contributed by atoms with E-state index in [2.05, 4.69) is 70.2 Å². The van der Waals surface area contributed by atoms with Gasteiger partial charge in [0.05, 0.1) is 49.3 Å². The monoisotopic (exact) mass is 665 g/mol. The van der Waals surface area contributed by atoms with Crippen LogP contribution >= 0.6 is 0 Å². The minimum atomic E-state index is 0.378. The van der Waals surface area contributed by atoms with Crippen LogP contribution in [0.4, 0.5) is 0 Å². The molecule has 20 unspecified atom stereocenters. The lowest BCUT2D eigenvalue weighted by Gasteiger charge is -2.41. The molecule has 8 N–H and O–H groups in total. The molecule has 48 heavy (non-hydrogen) atoms. The second-order valence-corrected chi connectivity index (χ2v) is 18.5. The number of hydrogen-bond acceptors (Lipinski definition) is 8. The van der Waals surface area contributed by atoms with E-state index in [0.29, 0.717) is 96.7 Å². The first kappa shape index (κ1) is 33.5. The molecule has 0 amide bonds. The molecule has 5 saturated heterocycles. The minimum absolute atomic E-state index is 0.378. The number of nitrogens with one attached hydrogen (secondary N) is 8. The molecule has 4 saturated carbocycles. The maximum Gasteiger partial charge on any atom is 0.0631 e. The molecule has 0 radical (unpaired) electrons. The summed E-state index contributed by atoms with van der Waals surface area (Å²) < 4.78 is 0. The van der Waals surface area contributed by atoms with Gasteiger partial charge in [0, 0.05) is 0 Å². The Balaban J connectivity index is 1.09. The Bertz CT molecular complexity index is 1110. The van der Waals surface area contributed by atoms with E-state index in [1.165, 1.54) is 103 Å². The second-order valence-electron chi connectivity index (χ2n) is 18.5. The van der Waals surface area contributed by atoms with Crippen molar-refractivity contribution in [2.45, 2.75) is 180 Å². The van der Waals surface area contributed by atoms with Crippen molar-refractivity contribution in [3.8, 4) is 0 Å². The summed E-state index contributed by atoms with van der Waals surface area (Å²) in [5.74, 6) is 8.93. The van der Waals surface area contributed by atoms with E-state index in [4.69, 9.17) is 0 Å². The van der Waals surface area contributed by atoms with Gasteiger partial charge in [-0.25, -0.2) is 0 Å². The molecule has 9 aliphatic rings. The molecule has 9 rings (SSSR count). The molecule has 5 aliphatic heterocycles. The van der Waals surface area contributed by atoms with Crippen molar-refractivity contribution < 1.29 is 0 Å². The first-order valence-corrected chi connectivity index (χ1v) is 21.7. The van der Waals surface area contributed by atoms with Crippen molar-refractivity contribution in [1.29, 1.82) is 0 Å². The SMILES string of the molecule is CCC1CCCC2C3NC4NC(NC5NC(NC6NC(NC(N3)C12)C1CCCC(CC)C61)C1CCCC(CC)C51)C1C(CC)CCCC41. The maximum atomic E-state index is 4.43. The molecule has 0 aromatic carbocycles. The fraction of sp³-hybridized carbons (Fsp3) is 1.00. The maximum absolute atomic E-state index is 4.43. The van der Waals surface area contributed by atoms with Crippen LogP contribution in [-0.4, -0.2) is 49.3 Å². The number of rotatable bonds is 4. The first-order chi connectivity index (χ1) is 23.6. The van der Waals surface area contributed by atoms with E-state index < -0.39 is 0 Å². The summed E-state index contributed by atoms with van der Waals surface area (Å²) in [7, 11) is 0. The molecule has 8 heteroatoms. The molecule has 8 nitrogen and oxygen atoms in total. The third-order valence-corrected chi connectivity index (χ3v) is 16.8. The van der Waals surface area contributed by atoms with Crippen molar-refractivity contribution in [2.75, 3.05) is 0 Å². The summed E-state index contributed by atoms with van der Waals surface area (Å²) in [6, 6.07) is 0. The lowest BCUT2D eigenvalue weighted by Crippen LogP contribution is -2.62. The Labute approximate surface area is 292 Å². The highest BCUT2D eigenvalue weighted by molar-refractivity contribution is 5.10. The summed E-state index contributed by atoms with van der Waals surface area (Å²) in [6.45, 7) is 9.87. The van der Waals surface area contributed by atoms with Gasteiger partial charge in [0.1, 0.15) is 0 Å². The molecule has 8 bridgehead atoms. The quantitative estimate of drug-likeness (QED) is 0.209. The van der Waals surface area contributed by atoms with Crippen LogP contribution in [0.2, 0.25) is 0 Å².